The number of aromatic amines is 1. The Labute approximate surface area is 173 Å². The van der Waals surface area contributed by atoms with Crippen LogP contribution in [-0.4, -0.2) is 49.7 Å². The average molecular weight is 419 g/mol. The maximum atomic E-state index is 14.2. The normalized spacial score (nSPS) is 18.4. The highest BCUT2D eigenvalue weighted by Crippen LogP contribution is 2.30. The van der Waals surface area contributed by atoms with Gasteiger partial charge in [-0.25, -0.2) is 18.9 Å². The first kappa shape index (κ1) is 20.2. The number of H-pyrrole nitrogens is 1. The minimum Gasteiger partial charge on any atom is -0.342 e. The molecule has 1 aliphatic heterocycles. The van der Waals surface area contributed by atoms with Crippen LogP contribution in [-0.2, 0) is 11.2 Å². The molecule has 0 atom stereocenters. The minimum atomic E-state index is -0.447. The van der Waals surface area contributed by atoms with Crippen molar-refractivity contribution >= 4 is 17.7 Å². The van der Waals surface area contributed by atoms with Crippen molar-refractivity contribution < 1.29 is 9.18 Å². The summed E-state index contributed by atoms with van der Waals surface area (Å²) < 4.78 is 15.5. The van der Waals surface area contributed by atoms with Gasteiger partial charge in [0.05, 0.1) is 11.4 Å². The van der Waals surface area contributed by atoms with Crippen LogP contribution in [0.2, 0.25) is 0 Å². The van der Waals surface area contributed by atoms with Crippen molar-refractivity contribution in [3.8, 4) is 5.69 Å². The monoisotopic (exact) mass is 418 g/mol. The SMILES string of the molecule is O=C(CSC1CCCC1)N1CCC(Cc2n[nH]c(=O)n2-c2ccccc2F)CC1. The number of carbonyl (C=O) groups is 1. The fraction of sp³-hybridized carbons (Fsp3) is 0.571. The second-order valence-corrected chi connectivity index (χ2v) is 9.27. The lowest BCUT2D eigenvalue weighted by Gasteiger charge is -2.32. The molecule has 1 saturated carbocycles. The quantitative estimate of drug-likeness (QED) is 0.782. The first-order valence-electron chi connectivity index (χ1n) is 10.4. The number of para-hydroxylation sites is 1. The van der Waals surface area contributed by atoms with E-state index in [-0.39, 0.29) is 11.6 Å². The van der Waals surface area contributed by atoms with E-state index in [2.05, 4.69) is 10.2 Å². The molecule has 2 aromatic rings. The number of likely N-dealkylation sites (tertiary alicyclic amines) is 1. The van der Waals surface area contributed by atoms with E-state index in [9.17, 15) is 14.0 Å². The molecular weight excluding hydrogens is 391 g/mol. The van der Waals surface area contributed by atoms with Gasteiger partial charge < -0.3 is 4.90 Å². The molecule has 1 N–H and O–H groups in total. The Kier molecular flexibility index (Phi) is 6.37. The summed E-state index contributed by atoms with van der Waals surface area (Å²) in [5, 5.41) is 7.23. The van der Waals surface area contributed by atoms with Crippen molar-refractivity contribution in [3.05, 3.63) is 46.4 Å². The van der Waals surface area contributed by atoms with E-state index in [4.69, 9.17) is 0 Å². The van der Waals surface area contributed by atoms with Crippen LogP contribution >= 0.6 is 11.8 Å². The van der Waals surface area contributed by atoms with E-state index >= 15 is 0 Å². The third-order valence-corrected chi connectivity index (χ3v) is 7.37. The van der Waals surface area contributed by atoms with Gasteiger partial charge in [-0.15, -0.1) is 11.8 Å². The highest BCUT2D eigenvalue weighted by molar-refractivity contribution is 8.00. The molecular formula is C21H27FN4O2S. The fourth-order valence-electron chi connectivity index (χ4n) is 4.33. The zero-order valence-electron chi connectivity index (χ0n) is 16.5. The topological polar surface area (TPSA) is 71.0 Å². The zero-order valence-corrected chi connectivity index (χ0v) is 17.3. The number of hydrogen-bond donors (Lipinski definition) is 1. The third-order valence-electron chi connectivity index (χ3n) is 6.02. The summed E-state index contributed by atoms with van der Waals surface area (Å²) in [6.07, 6.45) is 7.41. The molecule has 156 valence electrons. The number of rotatable bonds is 6. The van der Waals surface area contributed by atoms with Gasteiger partial charge in [0, 0.05) is 24.8 Å². The van der Waals surface area contributed by atoms with Crippen LogP contribution in [0.3, 0.4) is 0 Å². The summed E-state index contributed by atoms with van der Waals surface area (Å²) in [5.41, 5.74) is -0.209. The van der Waals surface area contributed by atoms with Crippen molar-refractivity contribution in [3.63, 3.8) is 0 Å². The summed E-state index contributed by atoms with van der Waals surface area (Å²) in [6.45, 7) is 1.48. The maximum Gasteiger partial charge on any atom is 0.348 e. The molecule has 1 aromatic heterocycles. The maximum absolute atomic E-state index is 14.2. The van der Waals surface area contributed by atoms with Gasteiger partial charge in [0.1, 0.15) is 11.6 Å². The van der Waals surface area contributed by atoms with Gasteiger partial charge >= 0.3 is 5.69 Å². The average Bonchev–Trinajstić information content (AvgIpc) is 3.37. The molecule has 2 aliphatic rings. The second kappa shape index (κ2) is 9.15. The molecule has 0 unspecified atom stereocenters. The first-order chi connectivity index (χ1) is 14.1. The number of amides is 1. The lowest BCUT2D eigenvalue weighted by Crippen LogP contribution is -2.40. The molecule has 1 amide bonds. The summed E-state index contributed by atoms with van der Waals surface area (Å²) in [6, 6.07) is 6.22. The molecule has 0 bridgehead atoms. The Morgan fingerprint density at radius 3 is 2.62 bits per heavy atom. The molecule has 29 heavy (non-hydrogen) atoms. The molecule has 8 heteroatoms. The Bertz CT molecular complexity index is 898. The van der Waals surface area contributed by atoms with Crippen molar-refractivity contribution in [2.24, 2.45) is 5.92 Å². The highest BCUT2D eigenvalue weighted by atomic mass is 32.2. The number of thioether (sulfide) groups is 1. The summed E-state index contributed by atoms with van der Waals surface area (Å²) in [4.78, 5) is 26.6. The van der Waals surface area contributed by atoms with Crippen LogP contribution in [0.15, 0.2) is 29.1 Å². The van der Waals surface area contributed by atoms with Gasteiger partial charge in [-0.05, 0) is 43.7 Å². The Balaban J connectivity index is 1.33. The molecule has 4 rings (SSSR count). The molecule has 0 radical (unpaired) electrons. The van der Waals surface area contributed by atoms with Crippen molar-refractivity contribution in [1.29, 1.82) is 0 Å². The van der Waals surface area contributed by atoms with Gasteiger partial charge in [0.15, 0.2) is 0 Å². The first-order valence-corrected chi connectivity index (χ1v) is 11.5. The molecule has 1 aliphatic carbocycles. The second-order valence-electron chi connectivity index (χ2n) is 7.98. The molecule has 1 aromatic carbocycles. The van der Waals surface area contributed by atoms with Crippen LogP contribution in [0.1, 0.15) is 44.3 Å². The highest BCUT2D eigenvalue weighted by Gasteiger charge is 2.26. The number of nitrogens with one attached hydrogen (secondary N) is 1. The minimum absolute atomic E-state index is 0.220. The Hall–Kier alpha value is -2.09. The van der Waals surface area contributed by atoms with Crippen LogP contribution < -0.4 is 5.69 Å². The van der Waals surface area contributed by atoms with Gasteiger partial charge in [-0.2, -0.15) is 5.10 Å². The third kappa shape index (κ3) is 4.74. The predicted molar refractivity (Wildman–Crippen MR) is 112 cm³/mol. The number of benzene rings is 1. The van der Waals surface area contributed by atoms with E-state index in [0.717, 1.165) is 25.9 Å². The summed E-state index contributed by atoms with van der Waals surface area (Å²) >= 11 is 1.81. The Morgan fingerprint density at radius 2 is 1.90 bits per heavy atom. The lowest BCUT2D eigenvalue weighted by molar-refractivity contribution is -0.129. The van der Waals surface area contributed by atoms with Crippen molar-refractivity contribution in [2.75, 3.05) is 18.8 Å². The Morgan fingerprint density at radius 1 is 1.17 bits per heavy atom. The smallest absolute Gasteiger partial charge is 0.342 e. The molecule has 2 heterocycles. The molecule has 1 saturated heterocycles. The number of aromatic nitrogens is 3. The van der Waals surface area contributed by atoms with Gasteiger partial charge in [-0.3, -0.25) is 4.79 Å². The largest absolute Gasteiger partial charge is 0.348 e. The van der Waals surface area contributed by atoms with Crippen LogP contribution in [0.5, 0.6) is 0 Å². The number of carbonyl (C=O) groups excluding carboxylic acids is 1. The zero-order chi connectivity index (χ0) is 20.2. The molecule has 6 nitrogen and oxygen atoms in total. The number of halogens is 1. The van der Waals surface area contributed by atoms with E-state index in [1.54, 1.807) is 18.2 Å². The van der Waals surface area contributed by atoms with E-state index in [0.29, 0.717) is 29.2 Å². The molecule has 2 fully saturated rings. The number of nitrogens with zero attached hydrogens (tertiary/aromatic N) is 3. The van der Waals surface area contributed by atoms with Crippen molar-refractivity contribution in [1.82, 2.24) is 19.7 Å². The van der Waals surface area contributed by atoms with Crippen LogP contribution in [0, 0.1) is 11.7 Å². The summed E-state index contributed by atoms with van der Waals surface area (Å²) in [5.74, 6) is 1.24. The van der Waals surface area contributed by atoms with Crippen LogP contribution in [0.25, 0.3) is 5.69 Å². The van der Waals surface area contributed by atoms with Gasteiger partial charge in [0.2, 0.25) is 5.91 Å². The van der Waals surface area contributed by atoms with Gasteiger partial charge in [-0.1, -0.05) is 25.0 Å². The summed E-state index contributed by atoms with van der Waals surface area (Å²) in [7, 11) is 0. The van der Waals surface area contributed by atoms with E-state index in [1.165, 1.54) is 36.3 Å². The van der Waals surface area contributed by atoms with E-state index < -0.39 is 11.5 Å². The standard InChI is InChI=1S/C21H27FN4O2S/c22-17-7-3-4-8-18(17)26-19(23-24-21(26)28)13-15-9-11-25(12-10-15)20(27)14-29-16-5-1-2-6-16/h3-4,7-8,15-16H,1-2,5-6,9-14H2,(H,24,28). The lowest BCUT2D eigenvalue weighted by atomic mass is 9.93. The number of piperidine rings is 1. The van der Waals surface area contributed by atoms with E-state index in [1.807, 2.05) is 16.7 Å². The van der Waals surface area contributed by atoms with Crippen LogP contribution in [0.4, 0.5) is 4.39 Å². The fourth-order valence-corrected chi connectivity index (χ4v) is 5.56. The molecule has 0 spiro atoms. The number of hydrogen-bond acceptors (Lipinski definition) is 4. The van der Waals surface area contributed by atoms with Crippen molar-refractivity contribution in [2.45, 2.75) is 50.2 Å². The predicted octanol–water partition coefficient (Wildman–Crippen LogP) is 3.16. The van der Waals surface area contributed by atoms with Gasteiger partial charge in [0.25, 0.3) is 0 Å².